The van der Waals surface area contributed by atoms with E-state index in [2.05, 4.69) is 0 Å². The molecular formula is C15H22N2O2. The molecule has 0 spiro atoms. The number of hydrogen-bond acceptors (Lipinski definition) is 3. The maximum absolute atomic E-state index is 12.4. The van der Waals surface area contributed by atoms with Crippen LogP contribution in [0.3, 0.4) is 0 Å². The Labute approximate surface area is 114 Å². The molecule has 2 N–H and O–H groups in total. The van der Waals surface area contributed by atoms with Crippen LogP contribution in [0.1, 0.15) is 28.8 Å². The molecule has 19 heavy (non-hydrogen) atoms. The third kappa shape index (κ3) is 3.78. The van der Waals surface area contributed by atoms with E-state index in [1.165, 1.54) is 5.56 Å². The fraction of sp³-hybridized carbons (Fsp3) is 0.533. The van der Waals surface area contributed by atoms with Gasteiger partial charge in [-0.3, -0.25) is 4.79 Å². The average Bonchev–Trinajstić information content (AvgIpc) is 3.25. The van der Waals surface area contributed by atoms with Gasteiger partial charge in [0.2, 0.25) is 0 Å². The number of hydrogen-bond donors (Lipinski definition) is 1. The first-order chi connectivity index (χ1) is 9.26. The van der Waals surface area contributed by atoms with Gasteiger partial charge in [-0.1, -0.05) is 12.1 Å². The lowest BCUT2D eigenvalue weighted by atomic mass is 10.1. The first kappa shape index (κ1) is 14.0. The van der Waals surface area contributed by atoms with Crippen LogP contribution in [0.15, 0.2) is 24.3 Å². The molecule has 4 nitrogen and oxygen atoms in total. The fourth-order valence-corrected chi connectivity index (χ4v) is 2.17. The van der Waals surface area contributed by atoms with Crippen molar-refractivity contribution in [2.75, 3.05) is 26.8 Å². The summed E-state index contributed by atoms with van der Waals surface area (Å²) in [4.78, 5) is 14.4. The lowest BCUT2D eigenvalue weighted by Gasteiger charge is -2.22. The summed E-state index contributed by atoms with van der Waals surface area (Å²) < 4.78 is 5.08. The van der Waals surface area contributed by atoms with Gasteiger partial charge in [0.15, 0.2) is 0 Å². The fourth-order valence-electron chi connectivity index (χ4n) is 2.17. The van der Waals surface area contributed by atoms with E-state index < -0.39 is 0 Å². The van der Waals surface area contributed by atoms with Crippen molar-refractivity contribution < 1.29 is 9.53 Å². The van der Waals surface area contributed by atoms with Crippen LogP contribution in [0.25, 0.3) is 0 Å². The SMILES string of the molecule is COCCN(C(=O)c1ccc(CCN)cc1)C1CC1. The average molecular weight is 262 g/mol. The number of carbonyl (C=O) groups excluding carboxylic acids is 1. The van der Waals surface area contributed by atoms with Crippen LogP contribution in [0.4, 0.5) is 0 Å². The highest BCUT2D eigenvalue weighted by atomic mass is 16.5. The number of ether oxygens (including phenoxy) is 1. The van der Waals surface area contributed by atoms with Crippen molar-refractivity contribution in [2.24, 2.45) is 5.73 Å². The van der Waals surface area contributed by atoms with Crippen LogP contribution >= 0.6 is 0 Å². The van der Waals surface area contributed by atoms with Gasteiger partial charge in [-0.25, -0.2) is 0 Å². The molecule has 1 amide bonds. The Morgan fingerprint density at radius 3 is 2.58 bits per heavy atom. The molecule has 0 heterocycles. The second-order valence-corrected chi connectivity index (χ2v) is 4.96. The van der Waals surface area contributed by atoms with Gasteiger partial charge in [-0.05, 0) is 43.5 Å². The maximum Gasteiger partial charge on any atom is 0.254 e. The summed E-state index contributed by atoms with van der Waals surface area (Å²) in [5.74, 6) is 0.110. The molecule has 0 aromatic heterocycles. The molecule has 104 valence electrons. The van der Waals surface area contributed by atoms with E-state index in [1.807, 2.05) is 29.2 Å². The van der Waals surface area contributed by atoms with Crippen LogP contribution in [0, 0.1) is 0 Å². The maximum atomic E-state index is 12.4. The van der Waals surface area contributed by atoms with Gasteiger partial charge in [-0.15, -0.1) is 0 Å². The van der Waals surface area contributed by atoms with Gasteiger partial charge >= 0.3 is 0 Å². The van der Waals surface area contributed by atoms with Crippen LogP contribution in [0.2, 0.25) is 0 Å². The lowest BCUT2D eigenvalue weighted by Crippen LogP contribution is -2.35. The molecule has 4 heteroatoms. The molecule has 0 bridgehead atoms. The summed E-state index contributed by atoms with van der Waals surface area (Å²) in [7, 11) is 1.66. The smallest absolute Gasteiger partial charge is 0.254 e. The van der Waals surface area contributed by atoms with Crippen molar-refractivity contribution in [3.63, 3.8) is 0 Å². The summed E-state index contributed by atoms with van der Waals surface area (Å²) >= 11 is 0. The molecule has 0 atom stereocenters. The normalized spacial score (nSPS) is 14.4. The minimum absolute atomic E-state index is 0.110. The van der Waals surface area contributed by atoms with Crippen molar-refractivity contribution in [1.29, 1.82) is 0 Å². The molecule has 2 rings (SSSR count). The highest BCUT2D eigenvalue weighted by molar-refractivity contribution is 5.94. The quantitative estimate of drug-likeness (QED) is 0.809. The number of nitrogens with two attached hydrogens (primary N) is 1. The van der Waals surface area contributed by atoms with E-state index in [-0.39, 0.29) is 5.91 Å². The molecule has 1 saturated carbocycles. The van der Waals surface area contributed by atoms with Gasteiger partial charge in [0.1, 0.15) is 0 Å². The predicted octanol–water partition coefficient (Wildman–Crippen LogP) is 1.44. The van der Waals surface area contributed by atoms with Gasteiger partial charge in [0.25, 0.3) is 5.91 Å². The number of amides is 1. The van der Waals surface area contributed by atoms with Crippen molar-refractivity contribution >= 4 is 5.91 Å². The number of nitrogens with zero attached hydrogens (tertiary/aromatic N) is 1. The zero-order chi connectivity index (χ0) is 13.7. The first-order valence-electron chi connectivity index (χ1n) is 6.85. The first-order valence-corrected chi connectivity index (χ1v) is 6.85. The Morgan fingerprint density at radius 2 is 2.05 bits per heavy atom. The lowest BCUT2D eigenvalue weighted by molar-refractivity contribution is 0.0680. The number of carbonyl (C=O) groups is 1. The van der Waals surface area contributed by atoms with E-state index in [1.54, 1.807) is 7.11 Å². The Balaban J connectivity index is 2.03. The molecule has 1 aromatic rings. The third-order valence-corrected chi connectivity index (χ3v) is 3.42. The van der Waals surface area contributed by atoms with E-state index in [0.29, 0.717) is 25.7 Å². The Kier molecular flexibility index (Phi) is 4.93. The van der Waals surface area contributed by atoms with Gasteiger partial charge < -0.3 is 15.4 Å². The molecule has 0 unspecified atom stereocenters. The summed E-state index contributed by atoms with van der Waals surface area (Å²) in [6.45, 7) is 1.90. The zero-order valence-electron chi connectivity index (χ0n) is 11.5. The van der Waals surface area contributed by atoms with Gasteiger partial charge in [-0.2, -0.15) is 0 Å². The van der Waals surface area contributed by atoms with Gasteiger partial charge in [0.05, 0.1) is 6.61 Å². The predicted molar refractivity (Wildman–Crippen MR) is 75.1 cm³/mol. The van der Waals surface area contributed by atoms with E-state index in [0.717, 1.165) is 24.8 Å². The highest BCUT2D eigenvalue weighted by Gasteiger charge is 2.32. The molecule has 1 aliphatic rings. The highest BCUT2D eigenvalue weighted by Crippen LogP contribution is 2.28. The summed E-state index contributed by atoms with van der Waals surface area (Å²) in [6.07, 6.45) is 3.08. The second-order valence-electron chi connectivity index (χ2n) is 4.96. The third-order valence-electron chi connectivity index (χ3n) is 3.42. The largest absolute Gasteiger partial charge is 0.383 e. The van der Waals surface area contributed by atoms with Crippen molar-refractivity contribution in [3.05, 3.63) is 35.4 Å². The zero-order valence-corrected chi connectivity index (χ0v) is 11.5. The van der Waals surface area contributed by atoms with Crippen LogP contribution in [-0.4, -0.2) is 43.7 Å². The topological polar surface area (TPSA) is 55.6 Å². The van der Waals surface area contributed by atoms with Crippen LogP contribution in [-0.2, 0) is 11.2 Å². The summed E-state index contributed by atoms with van der Waals surface area (Å²) in [5.41, 5.74) is 7.45. The standard InChI is InChI=1S/C15H22N2O2/c1-19-11-10-17(14-6-7-14)15(18)13-4-2-12(3-5-13)8-9-16/h2-5,14H,6-11,16H2,1H3. The van der Waals surface area contributed by atoms with Crippen LogP contribution in [0.5, 0.6) is 0 Å². The number of benzene rings is 1. The van der Waals surface area contributed by atoms with E-state index in [9.17, 15) is 4.79 Å². The molecular weight excluding hydrogens is 240 g/mol. The Morgan fingerprint density at radius 1 is 1.37 bits per heavy atom. The molecule has 1 fully saturated rings. The van der Waals surface area contributed by atoms with E-state index in [4.69, 9.17) is 10.5 Å². The second kappa shape index (κ2) is 6.68. The summed E-state index contributed by atoms with van der Waals surface area (Å²) in [5, 5.41) is 0. The van der Waals surface area contributed by atoms with Crippen molar-refractivity contribution in [3.8, 4) is 0 Å². The van der Waals surface area contributed by atoms with E-state index >= 15 is 0 Å². The minimum atomic E-state index is 0.110. The number of methoxy groups -OCH3 is 1. The Hall–Kier alpha value is -1.39. The minimum Gasteiger partial charge on any atom is -0.383 e. The van der Waals surface area contributed by atoms with Crippen molar-refractivity contribution in [1.82, 2.24) is 4.90 Å². The molecule has 0 aliphatic heterocycles. The summed E-state index contributed by atoms with van der Waals surface area (Å²) in [6, 6.07) is 8.18. The Bertz CT molecular complexity index is 413. The van der Waals surface area contributed by atoms with Gasteiger partial charge in [0, 0.05) is 25.3 Å². The molecule has 1 aromatic carbocycles. The monoisotopic (exact) mass is 262 g/mol. The number of rotatable bonds is 7. The molecule has 0 saturated heterocycles. The van der Waals surface area contributed by atoms with Crippen LogP contribution < -0.4 is 5.73 Å². The molecule has 0 radical (unpaired) electrons. The molecule has 1 aliphatic carbocycles. The van der Waals surface area contributed by atoms with Crippen molar-refractivity contribution in [2.45, 2.75) is 25.3 Å².